The maximum absolute atomic E-state index is 11.0. The first-order chi connectivity index (χ1) is 6.38. The summed E-state index contributed by atoms with van der Waals surface area (Å²) in [6.45, 7) is 0.890. The van der Waals surface area contributed by atoms with Crippen molar-refractivity contribution in [3.63, 3.8) is 0 Å². The second kappa shape index (κ2) is 2.57. The Balaban J connectivity index is 1.89. The van der Waals surface area contributed by atoms with Gasteiger partial charge in [-0.25, -0.2) is 0 Å². The summed E-state index contributed by atoms with van der Waals surface area (Å²) < 4.78 is 5.76. The third-order valence-corrected chi connectivity index (χ3v) is 4.51. The molecule has 3 fully saturated rings. The number of carbonyl (C=O) groups is 1. The topological polar surface area (TPSA) is 26.3 Å². The second-order valence-electron chi connectivity index (χ2n) is 4.85. The van der Waals surface area contributed by atoms with E-state index in [0.29, 0.717) is 23.4 Å². The Hall–Kier alpha value is -0.370. The molecule has 2 aliphatic carbocycles. The van der Waals surface area contributed by atoms with E-state index in [0.717, 1.165) is 13.0 Å². The van der Waals surface area contributed by atoms with Crippen molar-refractivity contribution in [1.82, 2.24) is 0 Å². The summed E-state index contributed by atoms with van der Waals surface area (Å²) in [7, 11) is 0. The van der Waals surface area contributed by atoms with Gasteiger partial charge < -0.3 is 9.53 Å². The van der Waals surface area contributed by atoms with Crippen LogP contribution in [0.3, 0.4) is 0 Å². The minimum absolute atomic E-state index is 0.295. The summed E-state index contributed by atoms with van der Waals surface area (Å²) in [5.74, 6) is 0.915. The van der Waals surface area contributed by atoms with Crippen LogP contribution in [0.15, 0.2) is 0 Å². The third kappa shape index (κ3) is 0.804. The van der Waals surface area contributed by atoms with Gasteiger partial charge in [0.25, 0.3) is 0 Å². The van der Waals surface area contributed by atoms with Crippen molar-refractivity contribution in [2.45, 2.75) is 38.2 Å². The van der Waals surface area contributed by atoms with Crippen molar-refractivity contribution in [1.29, 1.82) is 0 Å². The van der Waals surface area contributed by atoms with E-state index >= 15 is 0 Å². The maximum atomic E-state index is 11.0. The van der Waals surface area contributed by atoms with Crippen LogP contribution in [-0.2, 0) is 9.53 Å². The van der Waals surface area contributed by atoms with Crippen molar-refractivity contribution in [2.75, 3.05) is 6.61 Å². The molecule has 0 aromatic heterocycles. The number of hydrogen-bond donors (Lipinski definition) is 0. The fourth-order valence-electron chi connectivity index (χ4n) is 3.95. The molecule has 2 saturated carbocycles. The Morgan fingerprint density at radius 2 is 2.08 bits per heavy atom. The van der Waals surface area contributed by atoms with Crippen LogP contribution in [0.5, 0.6) is 0 Å². The van der Waals surface area contributed by atoms with Gasteiger partial charge in [-0.15, -0.1) is 0 Å². The zero-order valence-electron chi connectivity index (χ0n) is 7.87. The van der Waals surface area contributed by atoms with Crippen molar-refractivity contribution >= 4 is 6.29 Å². The lowest BCUT2D eigenvalue weighted by atomic mass is 9.51. The Kier molecular flexibility index (Phi) is 1.58. The molecule has 0 radical (unpaired) electrons. The predicted molar refractivity (Wildman–Crippen MR) is 48.3 cm³/mol. The van der Waals surface area contributed by atoms with E-state index in [2.05, 4.69) is 0 Å². The van der Waals surface area contributed by atoms with Gasteiger partial charge in [-0.2, -0.15) is 0 Å². The molecule has 0 aromatic carbocycles. The SMILES string of the molecule is O=C[C@@H]1[C@@H]2CCO[C@@H]2C12CCCC2. The Labute approximate surface area is 78.6 Å². The molecule has 0 bridgehead atoms. The Morgan fingerprint density at radius 3 is 2.77 bits per heavy atom. The third-order valence-electron chi connectivity index (χ3n) is 4.51. The molecule has 1 spiro atoms. The molecular weight excluding hydrogens is 164 g/mol. The number of carbonyl (C=O) groups excluding carboxylic acids is 1. The van der Waals surface area contributed by atoms with Gasteiger partial charge in [-0.3, -0.25) is 0 Å². The van der Waals surface area contributed by atoms with Crippen LogP contribution < -0.4 is 0 Å². The van der Waals surface area contributed by atoms with Crippen LogP contribution in [0.4, 0.5) is 0 Å². The van der Waals surface area contributed by atoms with Crippen LogP contribution >= 0.6 is 0 Å². The Morgan fingerprint density at radius 1 is 1.31 bits per heavy atom. The monoisotopic (exact) mass is 180 g/mol. The molecule has 0 unspecified atom stereocenters. The number of fused-ring (bicyclic) bond motifs is 2. The van der Waals surface area contributed by atoms with Gasteiger partial charge in [-0.05, 0) is 25.2 Å². The first-order valence-corrected chi connectivity index (χ1v) is 5.45. The van der Waals surface area contributed by atoms with E-state index in [4.69, 9.17) is 4.74 Å². The number of hydrogen-bond acceptors (Lipinski definition) is 2. The molecule has 1 saturated heterocycles. The molecule has 2 nitrogen and oxygen atoms in total. The van der Waals surface area contributed by atoms with E-state index in [1.54, 1.807) is 0 Å². The standard InChI is InChI=1S/C11H16O2/c12-7-9-8-3-6-13-10(8)11(9)4-1-2-5-11/h7-10H,1-6H2/t8-,9+,10-/m0/s1. The zero-order chi connectivity index (χ0) is 8.89. The highest BCUT2D eigenvalue weighted by Crippen LogP contribution is 2.63. The summed E-state index contributed by atoms with van der Waals surface area (Å²) in [5.41, 5.74) is 0.295. The summed E-state index contributed by atoms with van der Waals surface area (Å²) in [4.78, 5) is 11.0. The van der Waals surface area contributed by atoms with Crippen LogP contribution in [0.25, 0.3) is 0 Å². The summed E-state index contributed by atoms with van der Waals surface area (Å²) in [5, 5.41) is 0. The molecule has 13 heavy (non-hydrogen) atoms. The fourth-order valence-corrected chi connectivity index (χ4v) is 3.95. The molecule has 3 aliphatic rings. The predicted octanol–water partition coefficient (Wildman–Crippen LogP) is 1.78. The van der Waals surface area contributed by atoms with Crippen molar-refractivity contribution in [2.24, 2.45) is 17.3 Å². The largest absolute Gasteiger partial charge is 0.377 e. The van der Waals surface area contributed by atoms with Crippen molar-refractivity contribution in [3.05, 3.63) is 0 Å². The molecule has 2 heteroatoms. The quantitative estimate of drug-likeness (QED) is 0.575. The maximum Gasteiger partial charge on any atom is 0.124 e. The number of rotatable bonds is 1. The van der Waals surface area contributed by atoms with Gasteiger partial charge in [0.05, 0.1) is 6.10 Å². The lowest BCUT2D eigenvalue weighted by Crippen LogP contribution is -2.58. The second-order valence-corrected chi connectivity index (χ2v) is 4.85. The molecule has 0 N–H and O–H groups in total. The van der Waals surface area contributed by atoms with Crippen LogP contribution in [0.1, 0.15) is 32.1 Å². The van der Waals surface area contributed by atoms with Gasteiger partial charge in [0.2, 0.25) is 0 Å². The normalized spacial score (nSPS) is 46.0. The molecule has 0 amide bonds. The minimum atomic E-state index is 0.295. The molecule has 3 atom stereocenters. The molecule has 1 heterocycles. The van der Waals surface area contributed by atoms with Gasteiger partial charge in [0, 0.05) is 17.9 Å². The lowest BCUT2D eigenvalue weighted by Gasteiger charge is -2.54. The average molecular weight is 180 g/mol. The van der Waals surface area contributed by atoms with E-state index in [9.17, 15) is 4.79 Å². The number of ether oxygens (including phenoxy) is 1. The summed E-state index contributed by atoms with van der Waals surface area (Å²) in [6.07, 6.45) is 7.85. The van der Waals surface area contributed by atoms with Crippen LogP contribution in [0, 0.1) is 17.3 Å². The summed E-state index contributed by atoms with van der Waals surface area (Å²) in [6, 6.07) is 0. The van der Waals surface area contributed by atoms with Crippen molar-refractivity contribution < 1.29 is 9.53 Å². The first kappa shape index (κ1) is 7.98. The molecule has 1 aliphatic heterocycles. The van der Waals surface area contributed by atoms with Gasteiger partial charge >= 0.3 is 0 Å². The van der Waals surface area contributed by atoms with Crippen LogP contribution in [0.2, 0.25) is 0 Å². The summed E-state index contributed by atoms with van der Waals surface area (Å²) >= 11 is 0. The van der Waals surface area contributed by atoms with E-state index in [1.165, 1.54) is 32.0 Å². The fraction of sp³-hybridized carbons (Fsp3) is 0.909. The van der Waals surface area contributed by atoms with Gasteiger partial charge in [0.15, 0.2) is 0 Å². The van der Waals surface area contributed by atoms with E-state index in [-0.39, 0.29) is 0 Å². The Bertz CT molecular complexity index is 230. The lowest BCUT2D eigenvalue weighted by molar-refractivity contribution is -0.163. The molecule has 72 valence electrons. The van der Waals surface area contributed by atoms with Crippen molar-refractivity contribution in [3.8, 4) is 0 Å². The zero-order valence-corrected chi connectivity index (χ0v) is 7.87. The highest BCUT2D eigenvalue weighted by molar-refractivity contribution is 5.59. The van der Waals surface area contributed by atoms with Gasteiger partial charge in [-0.1, -0.05) is 12.8 Å². The number of aldehydes is 1. The highest BCUT2D eigenvalue weighted by atomic mass is 16.5. The van der Waals surface area contributed by atoms with Crippen LogP contribution in [-0.4, -0.2) is 19.0 Å². The first-order valence-electron chi connectivity index (χ1n) is 5.45. The average Bonchev–Trinajstić information content (AvgIpc) is 2.69. The van der Waals surface area contributed by atoms with Gasteiger partial charge in [0.1, 0.15) is 6.29 Å². The minimum Gasteiger partial charge on any atom is -0.377 e. The van der Waals surface area contributed by atoms with E-state index in [1.807, 2.05) is 0 Å². The molecular formula is C11H16O2. The smallest absolute Gasteiger partial charge is 0.124 e. The van der Waals surface area contributed by atoms with E-state index < -0.39 is 0 Å². The highest BCUT2D eigenvalue weighted by Gasteiger charge is 2.64. The molecule has 3 rings (SSSR count). The molecule has 0 aromatic rings.